The first-order chi connectivity index (χ1) is 14.2. The van der Waals surface area contributed by atoms with Crippen LogP contribution in [0.2, 0.25) is 5.02 Å². The van der Waals surface area contributed by atoms with Gasteiger partial charge in [-0.05, 0) is 53.4 Å². The van der Waals surface area contributed by atoms with Crippen molar-refractivity contribution in [2.75, 3.05) is 17.2 Å². The van der Waals surface area contributed by atoms with E-state index in [2.05, 4.69) is 31.4 Å². The number of ether oxygens (including phenoxy) is 1. The van der Waals surface area contributed by atoms with Crippen molar-refractivity contribution in [1.29, 1.82) is 0 Å². The second-order valence-electron chi connectivity index (χ2n) is 7.74. The first-order valence-electron chi connectivity index (χ1n) is 9.40. The van der Waals surface area contributed by atoms with Crippen LogP contribution in [-0.2, 0) is 10.2 Å². The highest BCUT2D eigenvalue weighted by Gasteiger charge is 2.14. The Morgan fingerprint density at radius 1 is 1.03 bits per heavy atom. The van der Waals surface area contributed by atoms with Crippen LogP contribution in [0.3, 0.4) is 0 Å². The highest BCUT2D eigenvalue weighted by Crippen LogP contribution is 2.26. The highest BCUT2D eigenvalue weighted by atomic mass is 35.5. The average molecular weight is 427 g/mol. The first kappa shape index (κ1) is 21.5. The molecule has 6 nitrogen and oxygen atoms in total. The van der Waals surface area contributed by atoms with E-state index in [4.69, 9.17) is 20.8 Å². The summed E-state index contributed by atoms with van der Waals surface area (Å²) >= 11 is 6.21. The van der Waals surface area contributed by atoms with E-state index in [1.165, 1.54) is 11.8 Å². The van der Waals surface area contributed by atoms with E-state index < -0.39 is 5.91 Å². The van der Waals surface area contributed by atoms with Gasteiger partial charge in [0.05, 0.1) is 17.0 Å². The monoisotopic (exact) mass is 426 g/mol. The molecular formula is C23H23ClN2O4. The highest BCUT2D eigenvalue weighted by molar-refractivity contribution is 6.34. The molecule has 30 heavy (non-hydrogen) atoms. The molecule has 0 aliphatic heterocycles. The lowest BCUT2D eigenvalue weighted by molar-refractivity contribution is -0.118. The SMILES string of the molecule is CC(C)(C)c1ccc(OCC(=O)Nc2ccc(NC(=O)c3ccco3)c(Cl)c2)cc1. The number of amides is 2. The predicted molar refractivity (Wildman–Crippen MR) is 117 cm³/mol. The molecule has 156 valence electrons. The summed E-state index contributed by atoms with van der Waals surface area (Å²) in [5.74, 6) is 0.0613. The molecule has 7 heteroatoms. The van der Waals surface area contributed by atoms with Gasteiger partial charge in [0.15, 0.2) is 12.4 Å². The average Bonchev–Trinajstić information content (AvgIpc) is 3.23. The quantitative estimate of drug-likeness (QED) is 0.545. The Kier molecular flexibility index (Phi) is 6.47. The molecule has 0 saturated carbocycles. The molecule has 2 amide bonds. The van der Waals surface area contributed by atoms with Crippen LogP contribution >= 0.6 is 11.6 Å². The van der Waals surface area contributed by atoms with Crippen LogP contribution in [0.4, 0.5) is 11.4 Å². The third-order valence-electron chi connectivity index (χ3n) is 4.34. The topological polar surface area (TPSA) is 80.6 Å². The van der Waals surface area contributed by atoms with Crippen molar-refractivity contribution in [3.63, 3.8) is 0 Å². The van der Waals surface area contributed by atoms with Gasteiger partial charge in [-0.1, -0.05) is 44.5 Å². The molecule has 0 radical (unpaired) electrons. The maximum Gasteiger partial charge on any atom is 0.291 e. The van der Waals surface area contributed by atoms with Gasteiger partial charge >= 0.3 is 0 Å². The molecule has 0 saturated heterocycles. The van der Waals surface area contributed by atoms with Crippen LogP contribution in [-0.4, -0.2) is 18.4 Å². The summed E-state index contributed by atoms with van der Waals surface area (Å²) in [5.41, 5.74) is 2.14. The molecule has 2 aromatic carbocycles. The maximum atomic E-state index is 12.2. The molecule has 0 aliphatic rings. The van der Waals surface area contributed by atoms with Crippen LogP contribution in [0.25, 0.3) is 0 Å². The normalized spacial score (nSPS) is 11.1. The number of nitrogens with one attached hydrogen (secondary N) is 2. The van der Waals surface area contributed by atoms with Crippen LogP contribution in [0, 0.1) is 0 Å². The van der Waals surface area contributed by atoms with E-state index in [1.807, 2.05) is 24.3 Å². The van der Waals surface area contributed by atoms with Gasteiger partial charge in [0.1, 0.15) is 5.75 Å². The number of halogens is 1. The van der Waals surface area contributed by atoms with Crippen molar-refractivity contribution >= 4 is 34.8 Å². The molecule has 3 aromatic rings. The minimum Gasteiger partial charge on any atom is -0.484 e. The van der Waals surface area contributed by atoms with E-state index in [9.17, 15) is 9.59 Å². The fraction of sp³-hybridized carbons (Fsp3) is 0.217. The Bertz CT molecular complexity index is 1020. The second-order valence-corrected chi connectivity index (χ2v) is 8.14. The number of hydrogen-bond acceptors (Lipinski definition) is 4. The second kappa shape index (κ2) is 9.05. The van der Waals surface area contributed by atoms with Crippen molar-refractivity contribution in [3.8, 4) is 5.75 Å². The zero-order chi connectivity index (χ0) is 21.7. The lowest BCUT2D eigenvalue weighted by Gasteiger charge is -2.19. The van der Waals surface area contributed by atoms with Gasteiger partial charge < -0.3 is 19.8 Å². The Labute approximate surface area is 180 Å². The standard InChI is InChI=1S/C23H23ClN2O4/c1-23(2,3)15-6-9-17(10-7-15)30-14-21(27)25-16-8-11-19(18(24)13-16)26-22(28)20-5-4-12-29-20/h4-13H,14H2,1-3H3,(H,25,27)(H,26,28). The molecule has 0 unspecified atom stereocenters. The number of furan rings is 1. The number of carbonyl (C=O) groups excluding carboxylic acids is 2. The zero-order valence-corrected chi connectivity index (χ0v) is 17.7. The van der Waals surface area contributed by atoms with Crippen LogP contribution in [0.15, 0.2) is 65.3 Å². The molecule has 0 aliphatic carbocycles. The van der Waals surface area contributed by atoms with Crippen molar-refractivity contribution in [2.24, 2.45) is 0 Å². The summed E-state index contributed by atoms with van der Waals surface area (Å²) in [5, 5.41) is 5.65. The lowest BCUT2D eigenvalue weighted by Crippen LogP contribution is -2.20. The van der Waals surface area contributed by atoms with Crippen molar-refractivity contribution in [2.45, 2.75) is 26.2 Å². The van der Waals surface area contributed by atoms with Gasteiger partial charge in [-0.2, -0.15) is 0 Å². The largest absolute Gasteiger partial charge is 0.484 e. The van der Waals surface area contributed by atoms with Crippen molar-refractivity contribution in [1.82, 2.24) is 0 Å². The fourth-order valence-corrected chi connectivity index (χ4v) is 2.91. The Morgan fingerprint density at radius 2 is 1.77 bits per heavy atom. The lowest BCUT2D eigenvalue weighted by atomic mass is 9.87. The van der Waals surface area contributed by atoms with E-state index in [-0.39, 0.29) is 28.7 Å². The number of carbonyl (C=O) groups is 2. The fourth-order valence-electron chi connectivity index (χ4n) is 2.68. The Balaban J connectivity index is 1.54. The summed E-state index contributed by atoms with van der Waals surface area (Å²) in [6, 6.07) is 15.6. The van der Waals surface area contributed by atoms with Gasteiger partial charge in [-0.15, -0.1) is 0 Å². The third-order valence-corrected chi connectivity index (χ3v) is 4.65. The maximum absolute atomic E-state index is 12.2. The van der Waals surface area contributed by atoms with Gasteiger partial charge in [0.25, 0.3) is 11.8 Å². The molecule has 0 fully saturated rings. The Hall–Kier alpha value is -3.25. The first-order valence-corrected chi connectivity index (χ1v) is 9.78. The summed E-state index contributed by atoms with van der Waals surface area (Å²) in [6.45, 7) is 6.27. The van der Waals surface area contributed by atoms with Gasteiger partial charge in [-0.3, -0.25) is 9.59 Å². The van der Waals surface area contributed by atoms with E-state index in [0.29, 0.717) is 17.1 Å². The molecule has 1 aromatic heterocycles. The van der Waals surface area contributed by atoms with Crippen LogP contribution in [0.1, 0.15) is 36.9 Å². The number of anilines is 2. The molecular weight excluding hydrogens is 404 g/mol. The van der Waals surface area contributed by atoms with E-state index >= 15 is 0 Å². The van der Waals surface area contributed by atoms with Crippen molar-refractivity contribution in [3.05, 3.63) is 77.2 Å². The van der Waals surface area contributed by atoms with Crippen molar-refractivity contribution < 1.29 is 18.7 Å². The number of benzene rings is 2. The zero-order valence-electron chi connectivity index (χ0n) is 17.0. The third kappa shape index (κ3) is 5.64. The minimum atomic E-state index is -0.412. The number of rotatable bonds is 6. The molecule has 3 rings (SSSR count). The van der Waals surface area contributed by atoms with Gasteiger partial charge in [0, 0.05) is 5.69 Å². The van der Waals surface area contributed by atoms with Crippen LogP contribution in [0.5, 0.6) is 5.75 Å². The Morgan fingerprint density at radius 3 is 2.37 bits per heavy atom. The predicted octanol–water partition coefficient (Wildman–Crippen LogP) is 5.50. The molecule has 2 N–H and O–H groups in total. The molecule has 1 heterocycles. The van der Waals surface area contributed by atoms with Crippen LogP contribution < -0.4 is 15.4 Å². The summed E-state index contributed by atoms with van der Waals surface area (Å²) in [4.78, 5) is 24.2. The summed E-state index contributed by atoms with van der Waals surface area (Å²) in [6.07, 6.45) is 1.41. The summed E-state index contributed by atoms with van der Waals surface area (Å²) in [7, 11) is 0. The van der Waals surface area contributed by atoms with Gasteiger partial charge in [0.2, 0.25) is 0 Å². The molecule has 0 bridgehead atoms. The molecule has 0 atom stereocenters. The molecule has 0 spiro atoms. The smallest absolute Gasteiger partial charge is 0.291 e. The van der Waals surface area contributed by atoms with E-state index in [0.717, 1.165) is 0 Å². The van der Waals surface area contributed by atoms with Gasteiger partial charge in [-0.25, -0.2) is 0 Å². The minimum absolute atomic E-state index is 0.0543. The summed E-state index contributed by atoms with van der Waals surface area (Å²) < 4.78 is 10.6. The van der Waals surface area contributed by atoms with E-state index in [1.54, 1.807) is 30.3 Å². The number of hydrogen-bond donors (Lipinski definition) is 2.